The summed E-state index contributed by atoms with van der Waals surface area (Å²) in [6.07, 6.45) is 14.5. The zero-order valence-corrected chi connectivity index (χ0v) is 14.7. The van der Waals surface area contributed by atoms with Gasteiger partial charge in [-0.2, -0.15) is 0 Å². The first-order valence-corrected chi connectivity index (χ1v) is 9.32. The standard InChI is InChI=1S/C22H23N3O/c26-22-20-19(13-14-23-22)17(12-11-16-7-3-1-4-8-16)15-24-21(20)25-18-9-5-2-6-10-18/h2,5-6,9-16H,1,3-4,7-8H2,(H,23,26)(H,24,25)/b12-11+. The fraction of sp³-hybridized carbons (Fsp3) is 0.273. The van der Waals surface area contributed by atoms with Crippen LogP contribution in [-0.4, -0.2) is 9.97 Å². The number of nitrogens with zero attached hydrogens (tertiary/aromatic N) is 1. The highest BCUT2D eigenvalue weighted by Gasteiger charge is 2.12. The van der Waals surface area contributed by atoms with Crippen LogP contribution in [0.1, 0.15) is 37.7 Å². The van der Waals surface area contributed by atoms with Gasteiger partial charge in [-0.05, 0) is 37.0 Å². The van der Waals surface area contributed by atoms with Crippen LogP contribution in [0, 0.1) is 5.92 Å². The molecule has 4 nitrogen and oxygen atoms in total. The van der Waals surface area contributed by atoms with Crippen LogP contribution in [0.2, 0.25) is 0 Å². The van der Waals surface area contributed by atoms with E-state index in [1.54, 1.807) is 6.20 Å². The fourth-order valence-electron chi connectivity index (χ4n) is 3.67. The van der Waals surface area contributed by atoms with Crippen molar-refractivity contribution in [2.45, 2.75) is 32.1 Å². The number of para-hydroxylation sites is 1. The molecule has 1 aliphatic rings. The lowest BCUT2D eigenvalue weighted by atomic mass is 9.88. The molecule has 2 heterocycles. The molecule has 4 heteroatoms. The molecule has 0 atom stereocenters. The number of H-pyrrole nitrogens is 1. The van der Waals surface area contributed by atoms with Gasteiger partial charge in [0.05, 0.1) is 5.39 Å². The van der Waals surface area contributed by atoms with E-state index in [-0.39, 0.29) is 5.56 Å². The highest BCUT2D eigenvalue weighted by Crippen LogP contribution is 2.28. The molecule has 0 unspecified atom stereocenters. The van der Waals surface area contributed by atoms with Gasteiger partial charge in [-0.3, -0.25) is 4.79 Å². The summed E-state index contributed by atoms with van der Waals surface area (Å²) in [5, 5.41) is 4.79. The maximum Gasteiger partial charge on any atom is 0.259 e. The van der Waals surface area contributed by atoms with Gasteiger partial charge in [-0.1, -0.05) is 49.6 Å². The zero-order valence-electron chi connectivity index (χ0n) is 14.7. The number of aromatic nitrogens is 2. The summed E-state index contributed by atoms with van der Waals surface area (Å²) < 4.78 is 0. The Morgan fingerprint density at radius 3 is 2.69 bits per heavy atom. The molecule has 3 aromatic rings. The fourth-order valence-corrected chi connectivity index (χ4v) is 3.67. The second-order valence-corrected chi connectivity index (χ2v) is 6.91. The van der Waals surface area contributed by atoms with Gasteiger partial charge in [0.1, 0.15) is 5.82 Å². The number of allylic oxidation sites excluding steroid dienone is 1. The molecular formula is C22H23N3O. The van der Waals surface area contributed by atoms with E-state index in [0.29, 0.717) is 17.1 Å². The van der Waals surface area contributed by atoms with E-state index in [0.717, 1.165) is 16.6 Å². The average molecular weight is 345 g/mol. The molecule has 1 saturated carbocycles. The average Bonchev–Trinajstić information content (AvgIpc) is 2.69. The quantitative estimate of drug-likeness (QED) is 0.678. The van der Waals surface area contributed by atoms with Gasteiger partial charge in [-0.15, -0.1) is 0 Å². The Kier molecular flexibility index (Phi) is 4.82. The zero-order chi connectivity index (χ0) is 17.8. The summed E-state index contributed by atoms with van der Waals surface area (Å²) in [5.74, 6) is 1.23. The number of pyridine rings is 2. The van der Waals surface area contributed by atoms with E-state index in [4.69, 9.17) is 0 Å². The normalized spacial score (nSPS) is 15.5. The van der Waals surface area contributed by atoms with E-state index in [9.17, 15) is 4.79 Å². The lowest BCUT2D eigenvalue weighted by Gasteiger charge is -2.17. The molecule has 0 saturated heterocycles. The van der Waals surface area contributed by atoms with Crippen molar-refractivity contribution in [3.8, 4) is 0 Å². The van der Waals surface area contributed by atoms with Crippen LogP contribution in [0.3, 0.4) is 0 Å². The largest absolute Gasteiger partial charge is 0.340 e. The number of hydrogen-bond acceptors (Lipinski definition) is 3. The van der Waals surface area contributed by atoms with Gasteiger partial charge in [-0.25, -0.2) is 4.98 Å². The molecule has 4 rings (SSSR count). The first-order chi connectivity index (χ1) is 12.8. The minimum atomic E-state index is -0.124. The number of benzene rings is 1. The van der Waals surface area contributed by atoms with Gasteiger partial charge in [0.25, 0.3) is 5.56 Å². The van der Waals surface area contributed by atoms with Gasteiger partial charge in [0, 0.05) is 29.0 Å². The molecule has 1 aliphatic carbocycles. The topological polar surface area (TPSA) is 57.8 Å². The molecule has 0 bridgehead atoms. The summed E-state index contributed by atoms with van der Waals surface area (Å²) in [6.45, 7) is 0. The minimum Gasteiger partial charge on any atom is -0.340 e. The van der Waals surface area contributed by atoms with Crippen molar-refractivity contribution in [3.63, 3.8) is 0 Å². The number of aromatic amines is 1. The van der Waals surface area contributed by atoms with Crippen molar-refractivity contribution in [2.24, 2.45) is 5.92 Å². The third kappa shape index (κ3) is 3.54. The summed E-state index contributed by atoms with van der Waals surface area (Å²) in [4.78, 5) is 19.8. The summed E-state index contributed by atoms with van der Waals surface area (Å²) in [6, 6.07) is 11.7. The lowest BCUT2D eigenvalue weighted by Crippen LogP contribution is -2.09. The first-order valence-electron chi connectivity index (χ1n) is 9.32. The summed E-state index contributed by atoms with van der Waals surface area (Å²) in [7, 11) is 0. The molecule has 1 aromatic carbocycles. The highest BCUT2D eigenvalue weighted by atomic mass is 16.1. The Balaban J connectivity index is 1.72. The number of nitrogens with one attached hydrogen (secondary N) is 2. The Labute approximate surface area is 153 Å². The predicted octanol–water partition coefficient (Wildman–Crippen LogP) is 5.26. The van der Waals surface area contributed by atoms with Crippen molar-refractivity contribution < 1.29 is 0 Å². The molecule has 0 aliphatic heterocycles. The minimum absolute atomic E-state index is 0.124. The molecule has 0 spiro atoms. The summed E-state index contributed by atoms with van der Waals surface area (Å²) in [5.41, 5.74) is 1.78. The maximum absolute atomic E-state index is 12.5. The molecule has 0 radical (unpaired) electrons. The van der Waals surface area contributed by atoms with Crippen LogP contribution in [0.4, 0.5) is 11.5 Å². The van der Waals surface area contributed by atoms with Crippen LogP contribution in [0.15, 0.2) is 59.7 Å². The van der Waals surface area contributed by atoms with Crippen molar-refractivity contribution in [3.05, 3.63) is 70.8 Å². The smallest absolute Gasteiger partial charge is 0.259 e. The molecule has 132 valence electrons. The van der Waals surface area contributed by atoms with Crippen LogP contribution < -0.4 is 10.9 Å². The molecule has 2 aromatic heterocycles. The molecule has 26 heavy (non-hydrogen) atoms. The highest BCUT2D eigenvalue weighted by molar-refractivity contribution is 5.97. The predicted molar refractivity (Wildman–Crippen MR) is 108 cm³/mol. The Bertz CT molecular complexity index is 970. The number of hydrogen-bond donors (Lipinski definition) is 2. The molecular weight excluding hydrogens is 322 g/mol. The Hall–Kier alpha value is -2.88. The Morgan fingerprint density at radius 1 is 1.08 bits per heavy atom. The van der Waals surface area contributed by atoms with E-state index < -0.39 is 0 Å². The third-order valence-electron chi connectivity index (χ3n) is 5.08. The van der Waals surface area contributed by atoms with E-state index >= 15 is 0 Å². The van der Waals surface area contributed by atoms with Crippen LogP contribution in [0.25, 0.3) is 16.8 Å². The van der Waals surface area contributed by atoms with Crippen molar-refractivity contribution >= 4 is 28.4 Å². The second kappa shape index (κ2) is 7.56. The molecule has 1 fully saturated rings. The van der Waals surface area contributed by atoms with Gasteiger partial charge in [0.15, 0.2) is 0 Å². The molecule has 2 N–H and O–H groups in total. The number of rotatable bonds is 4. The van der Waals surface area contributed by atoms with Gasteiger partial charge >= 0.3 is 0 Å². The SMILES string of the molecule is O=c1[nH]ccc2c(/C=C/C3CCCCC3)cnc(Nc3ccccc3)c12. The number of anilines is 2. The lowest BCUT2D eigenvalue weighted by molar-refractivity contribution is 0.420. The Morgan fingerprint density at radius 2 is 1.88 bits per heavy atom. The van der Waals surface area contributed by atoms with Crippen LogP contribution in [0.5, 0.6) is 0 Å². The van der Waals surface area contributed by atoms with Crippen LogP contribution >= 0.6 is 0 Å². The van der Waals surface area contributed by atoms with Gasteiger partial charge < -0.3 is 10.3 Å². The van der Waals surface area contributed by atoms with Crippen molar-refractivity contribution in [2.75, 3.05) is 5.32 Å². The van der Waals surface area contributed by atoms with Crippen LogP contribution in [-0.2, 0) is 0 Å². The summed E-state index contributed by atoms with van der Waals surface area (Å²) >= 11 is 0. The van der Waals surface area contributed by atoms with Gasteiger partial charge in [0.2, 0.25) is 0 Å². The maximum atomic E-state index is 12.5. The van der Waals surface area contributed by atoms with E-state index in [1.807, 2.05) is 42.6 Å². The third-order valence-corrected chi connectivity index (χ3v) is 5.08. The monoisotopic (exact) mass is 345 g/mol. The molecule has 0 amide bonds. The van der Waals surface area contributed by atoms with Crippen molar-refractivity contribution in [1.29, 1.82) is 0 Å². The number of fused-ring (bicyclic) bond motifs is 1. The van der Waals surface area contributed by atoms with Crippen molar-refractivity contribution in [1.82, 2.24) is 9.97 Å². The van der Waals surface area contributed by atoms with E-state index in [2.05, 4.69) is 27.4 Å². The second-order valence-electron chi connectivity index (χ2n) is 6.91. The van der Waals surface area contributed by atoms with E-state index in [1.165, 1.54) is 32.1 Å². The first kappa shape index (κ1) is 16.6.